The van der Waals surface area contributed by atoms with Crippen LogP contribution < -0.4 is 31.4 Å². The molecule has 0 N–H and O–H groups in total. The van der Waals surface area contributed by atoms with Crippen molar-refractivity contribution in [3.63, 3.8) is 0 Å². The van der Waals surface area contributed by atoms with Crippen LogP contribution in [0.25, 0.3) is 0 Å². The van der Waals surface area contributed by atoms with Gasteiger partial charge in [0.25, 0.3) is 21.1 Å². The van der Waals surface area contributed by atoms with E-state index in [-0.39, 0.29) is 0 Å². The Kier molecular flexibility index (Phi) is 20.1. The van der Waals surface area contributed by atoms with Gasteiger partial charge in [-0.2, -0.15) is 0 Å². The minimum atomic E-state index is -4.01. The SMILES string of the molecule is CCCC[P+](CCCC)(CCCC)CCCC.[O-][I+2]([O-])[O-]. The molecular weight excluding hydrogens is 398 g/mol. The van der Waals surface area contributed by atoms with Gasteiger partial charge < -0.3 is 10.3 Å². The summed E-state index contributed by atoms with van der Waals surface area (Å²) < 4.78 is 25.7. The minimum Gasteiger partial charge on any atom is -0.427 e. The molecule has 21 heavy (non-hydrogen) atoms. The fraction of sp³-hybridized carbons (Fsp3) is 1.00. The minimum absolute atomic E-state index is 0.562. The van der Waals surface area contributed by atoms with Crippen molar-refractivity contribution >= 4 is 7.26 Å². The number of halogens is 1. The molecule has 0 aromatic rings. The quantitative estimate of drug-likeness (QED) is 0.311. The van der Waals surface area contributed by atoms with Gasteiger partial charge in [-0.3, -0.25) is 0 Å². The Morgan fingerprint density at radius 3 is 0.905 bits per heavy atom. The van der Waals surface area contributed by atoms with Crippen molar-refractivity contribution in [3.05, 3.63) is 0 Å². The molecule has 0 rings (SSSR count). The van der Waals surface area contributed by atoms with Gasteiger partial charge in [0, 0.05) is 7.26 Å². The van der Waals surface area contributed by atoms with Crippen LogP contribution in [0.1, 0.15) is 79.1 Å². The molecule has 0 saturated carbocycles. The predicted octanol–water partition coefficient (Wildman–Crippen LogP) is -0.359. The van der Waals surface area contributed by atoms with Crippen LogP contribution in [0.4, 0.5) is 0 Å². The second-order valence-corrected chi connectivity index (χ2v) is 11.4. The van der Waals surface area contributed by atoms with Gasteiger partial charge in [-0.1, -0.05) is 53.4 Å². The summed E-state index contributed by atoms with van der Waals surface area (Å²) in [5, 5.41) is 0. The molecule has 5 heteroatoms. The van der Waals surface area contributed by atoms with Gasteiger partial charge in [0.05, 0.1) is 24.6 Å². The molecule has 0 aliphatic heterocycles. The van der Waals surface area contributed by atoms with Gasteiger partial charge >= 0.3 is 0 Å². The van der Waals surface area contributed by atoms with Crippen LogP contribution in [0.15, 0.2) is 0 Å². The molecule has 0 amide bonds. The molecule has 0 radical (unpaired) electrons. The van der Waals surface area contributed by atoms with E-state index in [4.69, 9.17) is 10.3 Å². The predicted molar refractivity (Wildman–Crippen MR) is 86.0 cm³/mol. The summed E-state index contributed by atoms with van der Waals surface area (Å²) in [4.78, 5) is 0. The molecule has 0 heterocycles. The lowest BCUT2D eigenvalue weighted by molar-refractivity contribution is -1.73. The first-order valence-corrected chi connectivity index (χ1v) is 13.7. The second-order valence-electron chi connectivity index (χ2n) is 5.84. The molecule has 0 saturated heterocycles. The monoisotopic (exact) mass is 434 g/mol. The third kappa shape index (κ3) is 17.2. The lowest BCUT2D eigenvalue weighted by Crippen LogP contribution is -4.05. The third-order valence-corrected chi connectivity index (χ3v) is 9.00. The Bertz CT molecular complexity index is 164. The zero-order valence-corrected chi connectivity index (χ0v) is 17.6. The molecule has 0 fully saturated rings. The highest BCUT2D eigenvalue weighted by Gasteiger charge is 2.34. The molecule has 0 atom stereocenters. The summed E-state index contributed by atoms with van der Waals surface area (Å²) in [7, 11) is -0.562. The van der Waals surface area contributed by atoms with E-state index in [9.17, 15) is 0 Å². The van der Waals surface area contributed by atoms with Gasteiger partial charge in [-0.25, -0.2) is 0 Å². The smallest absolute Gasteiger partial charge is 0.282 e. The van der Waals surface area contributed by atoms with Crippen LogP contribution in [0, 0.1) is 0 Å². The Morgan fingerprint density at radius 2 is 0.762 bits per heavy atom. The standard InChI is InChI=1S/C16H36P.IO3/c1-5-9-13-17(14-10-6-2,15-11-7-3)16-12-8-4;2-1(3)4/h5-16H2,1-4H3;/q+1;-1. The lowest BCUT2D eigenvalue weighted by atomic mass is 10.4. The van der Waals surface area contributed by atoms with Gasteiger partial charge in [0.1, 0.15) is 0 Å². The van der Waals surface area contributed by atoms with E-state index in [0.29, 0.717) is 0 Å². The molecule has 0 aromatic carbocycles. The van der Waals surface area contributed by atoms with Crippen molar-refractivity contribution in [2.45, 2.75) is 79.1 Å². The maximum absolute atomic E-state index is 8.57. The summed E-state index contributed by atoms with van der Waals surface area (Å²) in [5.41, 5.74) is 0. The Labute approximate surface area is 142 Å². The van der Waals surface area contributed by atoms with E-state index in [1.54, 1.807) is 24.6 Å². The highest BCUT2D eigenvalue weighted by molar-refractivity contribution is 7.75. The molecule has 3 nitrogen and oxygen atoms in total. The van der Waals surface area contributed by atoms with Crippen LogP contribution in [0.5, 0.6) is 0 Å². The van der Waals surface area contributed by atoms with E-state index in [0.717, 1.165) is 0 Å². The van der Waals surface area contributed by atoms with E-state index >= 15 is 0 Å². The highest BCUT2D eigenvalue weighted by atomic mass is 127. The summed E-state index contributed by atoms with van der Waals surface area (Å²) in [5.74, 6) is 0. The molecule has 0 aliphatic rings. The molecule has 130 valence electrons. The molecule has 0 aliphatic carbocycles. The van der Waals surface area contributed by atoms with Gasteiger partial charge in [0.2, 0.25) is 0 Å². The number of hydrogen-bond acceptors (Lipinski definition) is 3. The van der Waals surface area contributed by atoms with Crippen molar-refractivity contribution in [2.24, 2.45) is 0 Å². The fourth-order valence-corrected chi connectivity index (χ4v) is 7.93. The molecule has 0 aromatic heterocycles. The lowest BCUT2D eigenvalue weighted by Gasteiger charge is -2.28. The van der Waals surface area contributed by atoms with E-state index in [1.165, 1.54) is 51.4 Å². The maximum atomic E-state index is 8.57. The molecule has 0 spiro atoms. The first-order valence-electron chi connectivity index (χ1n) is 8.56. The van der Waals surface area contributed by atoms with Gasteiger partial charge in [-0.15, -0.1) is 0 Å². The van der Waals surface area contributed by atoms with Crippen LogP contribution >= 0.6 is 7.26 Å². The van der Waals surface area contributed by atoms with Crippen LogP contribution in [-0.4, -0.2) is 24.6 Å². The largest absolute Gasteiger partial charge is 0.427 e. The van der Waals surface area contributed by atoms with Gasteiger partial charge in [0.15, 0.2) is 0 Å². The zero-order valence-electron chi connectivity index (χ0n) is 14.5. The van der Waals surface area contributed by atoms with Crippen molar-refractivity contribution in [1.29, 1.82) is 0 Å². The van der Waals surface area contributed by atoms with Gasteiger partial charge in [-0.05, 0) is 25.7 Å². The van der Waals surface area contributed by atoms with Crippen molar-refractivity contribution < 1.29 is 31.4 Å². The average molecular weight is 434 g/mol. The normalized spacial score (nSPS) is 11.4. The summed E-state index contributed by atoms with van der Waals surface area (Å²) >= 11 is -4.01. The Morgan fingerprint density at radius 1 is 0.571 bits per heavy atom. The summed E-state index contributed by atoms with van der Waals surface area (Å²) in [6, 6.07) is 0. The molecular formula is C16H36IO3P. The maximum Gasteiger partial charge on any atom is 0.282 e. The Balaban J connectivity index is 0. The Hall–Kier alpha value is 1.04. The molecule has 0 bridgehead atoms. The number of rotatable bonds is 12. The summed E-state index contributed by atoms with van der Waals surface area (Å²) in [6.45, 7) is 9.42. The van der Waals surface area contributed by atoms with E-state index in [1.807, 2.05) is 0 Å². The first-order chi connectivity index (χ1) is 9.97. The summed E-state index contributed by atoms with van der Waals surface area (Å²) in [6.07, 6.45) is 17.9. The third-order valence-electron chi connectivity index (χ3n) is 3.94. The molecule has 0 unspecified atom stereocenters. The fourth-order valence-electron chi connectivity index (χ4n) is 2.64. The van der Waals surface area contributed by atoms with Crippen molar-refractivity contribution in [3.8, 4) is 0 Å². The topological polar surface area (TPSA) is 69.2 Å². The zero-order chi connectivity index (χ0) is 16.6. The van der Waals surface area contributed by atoms with Crippen LogP contribution in [0.2, 0.25) is 0 Å². The van der Waals surface area contributed by atoms with Crippen molar-refractivity contribution in [1.82, 2.24) is 0 Å². The average Bonchev–Trinajstić information content (AvgIpc) is 2.45. The van der Waals surface area contributed by atoms with Crippen molar-refractivity contribution in [2.75, 3.05) is 24.6 Å². The number of unbranched alkanes of at least 4 members (excludes halogenated alkanes) is 4. The second kappa shape index (κ2) is 17.4. The van der Waals surface area contributed by atoms with Crippen LogP contribution in [-0.2, 0) is 0 Å². The van der Waals surface area contributed by atoms with E-state index in [2.05, 4.69) is 27.7 Å². The highest BCUT2D eigenvalue weighted by Crippen LogP contribution is 2.61. The van der Waals surface area contributed by atoms with E-state index < -0.39 is 28.3 Å². The number of hydrogen-bond donors (Lipinski definition) is 0. The first kappa shape index (κ1) is 24.3. The van der Waals surface area contributed by atoms with Crippen LogP contribution in [0.3, 0.4) is 0 Å².